The van der Waals surface area contributed by atoms with Gasteiger partial charge in [0, 0.05) is 11.3 Å². The monoisotopic (exact) mass is 234 g/mol. The maximum atomic E-state index is 11.8. The van der Waals surface area contributed by atoms with Crippen LogP contribution in [0.2, 0.25) is 0 Å². The first-order valence-corrected chi connectivity index (χ1v) is 6.33. The van der Waals surface area contributed by atoms with Gasteiger partial charge in [-0.1, -0.05) is 38.3 Å². The number of nitrogen functional groups attached to an aromatic ring is 1. The van der Waals surface area contributed by atoms with Crippen molar-refractivity contribution in [2.24, 2.45) is 0 Å². The van der Waals surface area contributed by atoms with Crippen LogP contribution < -0.4 is 11.1 Å². The number of ketones is 1. The topological polar surface area (TPSA) is 55.1 Å². The van der Waals surface area contributed by atoms with Gasteiger partial charge in [0.25, 0.3) is 0 Å². The summed E-state index contributed by atoms with van der Waals surface area (Å²) in [6.07, 6.45) is 4.88. The van der Waals surface area contributed by atoms with Crippen molar-refractivity contribution in [2.45, 2.75) is 32.6 Å². The maximum absolute atomic E-state index is 11.8. The molecule has 1 rings (SSSR count). The lowest BCUT2D eigenvalue weighted by atomic mass is 10.1. The SMILES string of the molecule is CCCCCCNCC(=O)c1cccc(N)c1. The van der Waals surface area contributed by atoms with Crippen molar-refractivity contribution < 1.29 is 4.79 Å². The summed E-state index contributed by atoms with van der Waals surface area (Å²) in [5.41, 5.74) is 6.96. The van der Waals surface area contributed by atoms with Crippen LogP contribution in [-0.2, 0) is 0 Å². The van der Waals surface area contributed by atoms with Crippen LogP contribution in [0.3, 0.4) is 0 Å². The van der Waals surface area contributed by atoms with E-state index < -0.39 is 0 Å². The Hall–Kier alpha value is -1.35. The fourth-order valence-electron chi connectivity index (χ4n) is 1.69. The van der Waals surface area contributed by atoms with Gasteiger partial charge in [-0.3, -0.25) is 4.79 Å². The summed E-state index contributed by atoms with van der Waals surface area (Å²) in [4.78, 5) is 11.8. The minimum absolute atomic E-state index is 0.104. The zero-order valence-electron chi connectivity index (χ0n) is 10.5. The van der Waals surface area contributed by atoms with Gasteiger partial charge in [0.15, 0.2) is 5.78 Å². The molecule has 1 aromatic carbocycles. The number of hydrogen-bond acceptors (Lipinski definition) is 3. The molecule has 94 valence electrons. The van der Waals surface area contributed by atoms with Crippen molar-refractivity contribution in [3.05, 3.63) is 29.8 Å². The molecule has 0 spiro atoms. The van der Waals surface area contributed by atoms with Crippen LogP contribution in [0.1, 0.15) is 43.0 Å². The maximum Gasteiger partial charge on any atom is 0.176 e. The van der Waals surface area contributed by atoms with Crippen molar-refractivity contribution in [3.8, 4) is 0 Å². The molecule has 17 heavy (non-hydrogen) atoms. The van der Waals surface area contributed by atoms with Gasteiger partial charge in [-0.25, -0.2) is 0 Å². The molecule has 0 aromatic heterocycles. The minimum atomic E-state index is 0.104. The Labute approximate surface area is 103 Å². The Morgan fingerprint density at radius 2 is 2.12 bits per heavy atom. The van der Waals surface area contributed by atoms with E-state index in [1.807, 2.05) is 6.07 Å². The number of rotatable bonds is 8. The van der Waals surface area contributed by atoms with Crippen molar-refractivity contribution >= 4 is 11.5 Å². The molecule has 3 nitrogen and oxygen atoms in total. The molecule has 0 aliphatic heterocycles. The second-order valence-electron chi connectivity index (χ2n) is 4.29. The second-order valence-corrected chi connectivity index (χ2v) is 4.29. The molecule has 0 saturated heterocycles. The van der Waals surface area contributed by atoms with Crippen molar-refractivity contribution in [2.75, 3.05) is 18.8 Å². The van der Waals surface area contributed by atoms with E-state index in [2.05, 4.69) is 12.2 Å². The quantitative estimate of drug-likeness (QED) is 0.413. The van der Waals surface area contributed by atoms with E-state index >= 15 is 0 Å². The molecule has 0 atom stereocenters. The zero-order valence-corrected chi connectivity index (χ0v) is 10.5. The Balaban J connectivity index is 2.21. The molecule has 0 aliphatic rings. The Kier molecular flexibility index (Phi) is 6.33. The summed E-state index contributed by atoms with van der Waals surface area (Å²) in [5, 5.41) is 3.17. The lowest BCUT2D eigenvalue weighted by Gasteiger charge is -2.04. The standard InChI is InChI=1S/C14H22N2O/c1-2-3-4-5-9-16-11-14(17)12-7-6-8-13(15)10-12/h6-8,10,16H,2-5,9,11,15H2,1H3. The highest BCUT2D eigenvalue weighted by Gasteiger charge is 2.04. The van der Waals surface area contributed by atoms with E-state index in [-0.39, 0.29) is 5.78 Å². The Morgan fingerprint density at radius 1 is 1.29 bits per heavy atom. The van der Waals surface area contributed by atoms with Crippen molar-refractivity contribution in [1.82, 2.24) is 5.32 Å². The summed E-state index contributed by atoms with van der Waals surface area (Å²) in [6, 6.07) is 7.12. The van der Waals surface area contributed by atoms with E-state index in [4.69, 9.17) is 5.73 Å². The predicted molar refractivity (Wildman–Crippen MR) is 72.2 cm³/mol. The first-order chi connectivity index (χ1) is 8.24. The molecule has 1 aromatic rings. The molecule has 3 heteroatoms. The molecule has 0 heterocycles. The largest absolute Gasteiger partial charge is 0.399 e. The van der Waals surface area contributed by atoms with Gasteiger partial charge in [-0.2, -0.15) is 0 Å². The number of benzene rings is 1. The smallest absolute Gasteiger partial charge is 0.176 e. The van der Waals surface area contributed by atoms with Crippen LogP contribution in [-0.4, -0.2) is 18.9 Å². The molecular weight excluding hydrogens is 212 g/mol. The van der Waals surface area contributed by atoms with Gasteiger partial charge in [0.05, 0.1) is 6.54 Å². The molecule has 0 amide bonds. The molecule has 0 radical (unpaired) electrons. The number of Topliss-reactive ketones (excluding diaryl/α,β-unsaturated/α-hetero) is 1. The van der Waals surface area contributed by atoms with E-state index in [0.29, 0.717) is 17.8 Å². The van der Waals surface area contributed by atoms with E-state index in [1.165, 1.54) is 19.3 Å². The summed E-state index contributed by atoms with van der Waals surface area (Å²) >= 11 is 0. The van der Waals surface area contributed by atoms with Crippen LogP contribution in [0.15, 0.2) is 24.3 Å². The lowest BCUT2D eigenvalue weighted by molar-refractivity contribution is 0.0991. The average Bonchev–Trinajstić information content (AvgIpc) is 2.33. The van der Waals surface area contributed by atoms with Crippen LogP contribution in [0.4, 0.5) is 5.69 Å². The number of nitrogens with one attached hydrogen (secondary N) is 1. The van der Waals surface area contributed by atoms with Crippen LogP contribution in [0.5, 0.6) is 0 Å². The van der Waals surface area contributed by atoms with Gasteiger partial charge in [0.1, 0.15) is 0 Å². The summed E-state index contributed by atoms with van der Waals surface area (Å²) in [5.74, 6) is 0.104. The van der Waals surface area contributed by atoms with Crippen molar-refractivity contribution in [3.63, 3.8) is 0 Å². The lowest BCUT2D eigenvalue weighted by Crippen LogP contribution is -2.24. The van der Waals surface area contributed by atoms with Crippen LogP contribution >= 0.6 is 0 Å². The van der Waals surface area contributed by atoms with Gasteiger partial charge < -0.3 is 11.1 Å². The van der Waals surface area contributed by atoms with Crippen LogP contribution in [0, 0.1) is 0 Å². The summed E-state index contributed by atoms with van der Waals surface area (Å²) in [6.45, 7) is 3.50. The average molecular weight is 234 g/mol. The van der Waals surface area contributed by atoms with Gasteiger partial charge in [0.2, 0.25) is 0 Å². The third-order valence-electron chi connectivity index (χ3n) is 2.70. The number of nitrogens with two attached hydrogens (primary N) is 1. The fourth-order valence-corrected chi connectivity index (χ4v) is 1.69. The summed E-state index contributed by atoms with van der Waals surface area (Å²) < 4.78 is 0. The highest BCUT2D eigenvalue weighted by molar-refractivity contribution is 5.98. The minimum Gasteiger partial charge on any atom is -0.399 e. The Bertz CT molecular complexity index is 350. The molecule has 0 fully saturated rings. The molecule has 3 N–H and O–H groups in total. The van der Waals surface area contributed by atoms with E-state index in [1.54, 1.807) is 18.2 Å². The van der Waals surface area contributed by atoms with Gasteiger partial charge in [-0.05, 0) is 25.1 Å². The highest BCUT2D eigenvalue weighted by Crippen LogP contribution is 2.06. The number of carbonyl (C=O) groups is 1. The van der Waals surface area contributed by atoms with E-state index in [0.717, 1.165) is 13.0 Å². The first-order valence-electron chi connectivity index (χ1n) is 6.33. The van der Waals surface area contributed by atoms with Crippen molar-refractivity contribution in [1.29, 1.82) is 0 Å². The third kappa shape index (κ3) is 5.50. The zero-order chi connectivity index (χ0) is 12.5. The predicted octanol–water partition coefficient (Wildman–Crippen LogP) is 2.62. The molecular formula is C14H22N2O. The number of unbranched alkanes of at least 4 members (excludes halogenated alkanes) is 3. The van der Waals surface area contributed by atoms with Gasteiger partial charge >= 0.3 is 0 Å². The molecule has 0 unspecified atom stereocenters. The number of hydrogen-bond donors (Lipinski definition) is 2. The van der Waals surface area contributed by atoms with E-state index in [9.17, 15) is 4.79 Å². The fraction of sp³-hybridized carbons (Fsp3) is 0.500. The third-order valence-corrected chi connectivity index (χ3v) is 2.70. The van der Waals surface area contributed by atoms with Gasteiger partial charge in [-0.15, -0.1) is 0 Å². The number of anilines is 1. The number of carbonyl (C=O) groups excluding carboxylic acids is 1. The molecule has 0 aliphatic carbocycles. The normalized spacial score (nSPS) is 10.4. The highest BCUT2D eigenvalue weighted by atomic mass is 16.1. The molecule has 0 bridgehead atoms. The first kappa shape index (κ1) is 13.7. The summed E-state index contributed by atoms with van der Waals surface area (Å²) in [7, 11) is 0. The van der Waals surface area contributed by atoms with Crippen LogP contribution in [0.25, 0.3) is 0 Å². The second kappa shape index (κ2) is 7.85. The molecule has 0 saturated carbocycles. The Morgan fingerprint density at radius 3 is 2.82 bits per heavy atom.